The molecule has 0 bridgehead atoms. The van der Waals surface area contributed by atoms with Crippen molar-refractivity contribution in [2.75, 3.05) is 9.80 Å². The first-order valence-electron chi connectivity index (χ1n) is 43.7. The van der Waals surface area contributed by atoms with Crippen LogP contribution in [-0.2, 0) is 27.1 Å². The average molecular weight is 1610 g/mol. The number of anilines is 6. The molecule has 0 aliphatic heterocycles. The topological polar surface area (TPSA) is 29.5 Å². The Balaban J connectivity index is 0.000000147. The van der Waals surface area contributed by atoms with E-state index in [1.165, 1.54) is 164 Å². The van der Waals surface area contributed by atoms with Crippen molar-refractivity contribution in [1.82, 2.24) is 9.13 Å². The van der Waals surface area contributed by atoms with Crippen LogP contribution in [0.3, 0.4) is 0 Å². The van der Waals surface area contributed by atoms with Gasteiger partial charge in [-0.05, 0) is 256 Å². The number of hydrogen-bond donors (Lipinski definition) is 0. The number of fused-ring (bicyclic) bond motifs is 17. The van der Waals surface area contributed by atoms with Gasteiger partial charge in [0, 0.05) is 92.9 Å². The van der Waals surface area contributed by atoms with E-state index in [4.69, 9.17) is 4.42 Å². The second-order valence-corrected chi connectivity index (χ2v) is 39.5. The Hall–Kier alpha value is -13.3. The standard InChI is InChI=1S/C60H52N2S.C57H48N2O/c1-57(2)48-22-14-12-19-42(48)43-31-30-41(34-49(43)57)61(53-23-16-21-45-44-20-13-15-24-55(44)63-56(45)53)40-28-25-37(26-29-40)38-27-32-52-46(33-38)47-35-50-51(59(5,6)60(7,8)58(50,3)4)36-54(47)62(52)39-17-10-9-11-18-39;1-55(2)48-35-46-45-33-39(27-31-51(45)59(40-19-11-8-12-20-40)52(46)36-49(48)56(3,4)57(55,5)6)37-25-28-41(29-26-37)58(50-23-15-13-21-43(50)38-17-9-7-10-18-38)42-30-32-54-47(34-42)44-22-14-16-24-53(44)60-54/h9-36H,1-8H3;7-36H,1-6H3. The molecule has 3 aliphatic rings. The molecule has 0 amide bonds. The zero-order chi connectivity index (χ0) is 84.2. The molecule has 123 heavy (non-hydrogen) atoms. The Kier molecular flexibility index (Phi) is 16.9. The summed E-state index contributed by atoms with van der Waals surface area (Å²) in [5, 5.41) is 10.0. The van der Waals surface area contributed by atoms with Gasteiger partial charge in [0.15, 0.2) is 0 Å². The Morgan fingerprint density at radius 1 is 0.244 bits per heavy atom. The van der Waals surface area contributed by atoms with Crippen molar-refractivity contribution in [3.63, 3.8) is 0 Å². The van der Waals surface area contributed by atoms with E-state index in [0.29, 0.717) is 0 Å². The van der Waals surface area contributed by atoms with Crippen LogP contribution in [0.5, 0.6) is 0 Å². The number of nitrogens with zero attached hydrogens (tertiary/aromatic N) is 4. The monoisotopic (exact) mass is 1610 g/mol. The fraction of sp³-hybridized carbons (Fsp3) is 0.179. The molecule has 0 spiro atoms. The maximum absolute atomic E-state index is 6.27. The predicted molar refractivity (Wildman–Crippen MR) is 525 cm³/mol. The molecule has 20 aromatic rings. The van der Waals surface area contributed by atoms with E-state index >= 15 is 0 Å². The highest BCUT2D eigenvalue weighted by molar-refractivity contribution is 7.26. The van der Waals surface area contributed by atoms with Gasteiger partial charge in [-0.2, -0.15) is 0 Å². The van der Waals surface area contributed by atoms with Crippen molar-refractivity contribution >= 4 is 131 Å². The third-order valence-corrected chi connectivity index (χ3v) is 32.2. The second kappa shape index (κ2) is 27.4. The number of rotatable bonds is 11. The molecule has 0 N–H and O–H groups in total. The van der Waals surface area contributed by atoms with Crippen LogP contribution in [0.2, 0.25) is 0 Å². The first-order chi connectivity index (χ1) is 59.3. The van der Waals surface area contributed by atoms with E-state index in [9.17, 15) is 0 Å². The summed E-state index contributed by atoms with van der Waals surface area (Å²) in [5.41, 5.74) is 34.5. The molecule has 4 aromatic heterocycles. The van der Waals surface area contributed by atoms with E-state index in [2.05, 4.69) is 456 Å². The van der Waals surface area contributed by atoms with Gasteiger partial charge in [0.2, 0.25) is 0 Å². The minimum absolute atomic E-state index is 0.00881. The maximum atomic E-state index is 6.27. The van der Waals surface area contributed by atoms with Crippen LogP contribution in [0.25, 0.3) is 142 Å². The second-order valence-electron chi connectivity index (χ2n) is 38.5. The summed E-state index contributed by atoms with van der Waals surface area (Å²) in [7, 11) is 0. The summed E-state index contributed by atoms with van der Waals surface area (Å²) < 4.78 is 13.8. The summed E-state index contributed by atoms with van der Waals surface area (Å²) in [6.45, 7) is 34.1. The molecule has 5 nitrogen and oxygen atoms in total. The number of para-hydroxylation sites is 4. The van der Waals surface area contributed by atoms with Crippen LogP contribution < -0.4 is 9.80 Å². The van der Waals surface area contributed by atoms with Crippen molar-refractivity contribution in [3.8, 4) is 55.9 Å². The summed E-state index contributed by atoms with van der Waals surface area (Å²) in [6.07, 6.45) is 0. The van der Waals surface area contributed by atoms with Crippen LogP contribution in [0.4, 0.5) is 34.1 Å². The van der Waals surface area contributed by atoms with Gasteiger partial charge in [-0.25, -0.2) is 0 Å². The van der Waals surface area contributed by atoms with Gasteiger partial charge in [0.1, 0.15) is 11.2 Å². The summed E-state index contributed by atoms with van der Waals surface area (Å²) >= 11 is 1.89. The molecule has 16 aromatic carbocycles. The van der Waals surface area contributed by atoms with Gasteiger partial charge in [0.05, 0.1) is 38.1 Å². The van der Waals surface area contributed by atoms with Gasteiger partial charge in [-0.1, -0.05) is 297 Å². The minimum atomic E-state index is -0.106. The molecule has 0 saturated carbocycles. The molecular weight excluding hydrogens is 1510 g/mol. The first kappa shape index (κ1) is 75.9. The zero-order valence-electron chi connectivity index (χ0n) is 72.6. The quantitative estimate of drug-likeness (QED) is 0.129. The van der Waals surface area contributed by atoms with Crippen LogP contribution in [0.1, 0.15) is 130 Å². The van der Waals surface area contributed by atoms with Gasteiger partial charge >= 0.3 is 0 Å². The lowest BCUT2D eigenvalue weighted by Gasteiger charge is -2.44. The average Bonchev–Trinajstić information content (AvgIpc) is 1.53. The molecule has 3 aliphatic carbocycles. The third-order valence-electron chi connectivity index (χ3n) is 31.0. The van der Waals surface area contributed by atoms with Gasteiger partial charge in [-0.3, -0.25) is 0 Å². The number of furan rings is 1. The van der Waals surface area contributed by atoms with Crippen molar-refractivity contribution in [3.05, 3.63) is 385 Å². The molecule has 600 valence electrons. The summed E-state index contributed by atoms with van der Waals surface area (Å²) in [5.74, 6) is 0. The smallest absolute Gasteiger partial charge is 0.135 e. The van der Waals surface area contributed by atoms with E-state index in [0.717, 1.165) is 44.7 Å². The SMILES string of the molecule is CC1(C)c2cc3c4cc(-c5ccc(N(c6ccc7oc8ccccc8c7c6)c6ccccc6-c6ccccc6)cc5)ccc4n(-c4ccccc4)c3cc2C(C)(C)C1(C)C.CC1(C)c2ccccc2-c2ccc(N(c3ccc(-c4ccc5c(c4)c4cc6c(cc4n5-c4ccccc4)C(C)(C)C(C)(C)C6(C)C)cc3)c3cccc4c3sc3ccccc34)cc21. The van der Waals surface area contributed by atoms with Crippen molar-refractivity contribution in [2.45, 2.75) is 124 Å². The van der Waals surface area contributed by atoms with Crippen molar-refractivity contribution in [2.24, 2.45) is 10.8 Å². The first-order valence-corrected chi connectivity index (χ1v) is 44.5. The zero-order valence-corrected chi connectivity index (χ0v) is 73.4. The predicted octanol–water partition coefficient (Wildman–Crippen LogP) is 33.3. The molecule has 0 unspecified atom stereocenters. The Morgan fingerprint density at radius 2 is 0.659 bits per heavy atom. The van der Waals surface area contributed by atoms with Gasteiger partial charge in [0.25, 0.3) is 0 Å². The number of hydrogen-bond acceptors (Lipinski definition) is 4. The molecule has 23 rings (SSSR count). The lowest BCUT2D eigenvalue weighted by atomic mass is 9.59. The Labute approximate surface area is 725 Å². The van der Waals surface area contributed by atoms with Crippen LogP contribution >= 0.6 is 11.3 Å². The Bertz CT molecular complexity index is 7690. The minimum Gasteiger partial charge on any atom is -0.456 e. The number of aromatic nitrogens is 2. The van der Waals surface area contributed by atoms with E-state index in [1.807, 2.05) is 23.5 Å². The summed E-state index contributed by atoms with van der Waals surface area (Å²) in [4.78, 5) is 4.87. The third kappa shape index (κ3) is 11.2. The molecule has 0 fully saturated rings. The highest BCUT2D eigenvalue weighted by Crippen LogP contribution is 2.65. The van der Waals surface area contributed by atoms with E-state index < -0.39 is 0 Å². The van der Waals surface area contributed by atoms with E-state index in [-0.39, 0.29) is 37.9 Å². The molecule has 0 radical (unpaired) electrons. The summed E-state index contributed by atoms with van der Waals surface area (Å²) in [6, 6.07) is 130. The molecule has 4 heterocycles. The fourth-order valence-electron chi connectivity index (χ4n) is 21.8. The van der Waals surface area contributed by atoms with Gasteiger partial charge in [-0.15, -0.1) is 11.3 Å². The number of thiophene rings is 1. The normalized spacial score (nSPS) is 15.9. The van der Waals surface area contributed by atoms with Crippen molar-refractivity contribution in [1.29, 1.82) is 0 Å². The lowest BCUT2D eigenvalue weighted by molar-refractivity contribution is 0.125. The largest absolute Gasteiger partial charge is 0.456 e. The highest BCUT2D eigenvalue weighted by atomic mass is 32.1. The molecule has 0 saturated heterocycles. The van der Waals surface area contributed by atoms with Crippen LogP contribution in [0.15, 0.2) is 356 Å². The fourth-order valence-corrected chi connectivity index (χ4v) is 23.0. The highest BCUT2D eigenvalue weighted by Gasteiger charge is 2.58. The van der Waals surface area contributed by atoms with Crippen LogP contribution in [-0.4, -0.2) is 9.13 Å². The molecular formula is C117H100N4OS. The van der Waals surface area contributed by atoms with E-state index in [1.54, 1.807) is 0 Å². The Morgan fingerprint density at radius 3 is 1.24 bits per heavy atom. The number of benzene rings is 16. The van der Waals surface area contributed by atoms with Gasteiger partial charge < -0.3 is 23.4 Å². The molecule has 6 heteroatoms. The molecule has 0 atom stereocenters. The van der Waals surface area contributed by atoms with Crippen molar-refractivity contribution < 1.29 is 4.42 Å². The van der Waals surface area contributed by atoms with Crippen LogP contribution in [0, 0.1) is 10.8 Å². The maximum Gasteiger partial charge on any atom is 0.135 e. The lowest BCUT2D eigenvalue weighted by Crippen LogP contribution is -2.42.